The van der Waals surface area contributed by atoms with Gasteiger partial charge in [0.05, 0.1) is 17.0 Å². The van der Waals surface area contributed by atoms with Crippen LogP contribution in [0, 0.1) is 10.1 Å². The predicted molar refractivity (Wildman–Crippen MR) is 70.9 cm³/mol. The maximum absolute atomic E-state index is 14.6. The summed E-state index contributed by atoms with van der Waals surface area (Å²) < 4.78 is 14.6. The Labute approximate surface area is 112 Å². The zero-order valence-electron chi connectivity index (χ0n) is 11.4. The molecule has 1 aliphatic carbocycles. The molecule has 0 amide bonds. The van der Waals surface area contributed by atoms with Crippen molar-refractivity contribution in [3.8, 4) is 0 Å². The lowest BCUT2D eigenvalue weighted by molar-refractivity contribution is -0.430. The standard InChI is InChI=1S/C13H20FN3O2/c1-13(14)9-11(17(18)19)3-4-12(13)16-7-5-10(15-2)6-8-16/h3-4,10,15H,5-9H2,1-2H3/t13-/m1/s1. The van der Waals surface area contributed by atoms with Crippen molar-refractivity contribution >= 4 is 0 Å². The largest absolute Gasteiger partial charge is 0.372 e. The SMILES string of the molecule is CNC1CCN(C2=CC=C([N+](=O)[O-])C[C@@]2(C)F)CC1. The zero-order valence-corrected chi connectivity index (χ0v) is 11.4. The molecular formula is C13H20FN3O2. The molecule has 0 aromatic carbocycles. The van der Waals surface area contributed by atoms with Crippen molar-refractivity contribution in [2.24, 2.45) is 0 Å². The molecule has 0 radical (unpaired) electrons. The highest BCUT2D eigenvalue weighted by atomic mass is 19.1. The molecule has 1 atom stereocenters. The van der Waals surface area contributed by atoms with Crippen LogP contribution in [0.25, 0.3) is 0 Å². The highest BCUT2D eigenvalue weighted by molar-refractivity contribution is 5.29. The van der Waals surface area contributed by atoms with Crippen LogP contribution in [-0.2, 0) is 0 Å². The molecule has 6 heteroatoms. The van der Waals surface area contributed by atoms with Crippen LogP contribution in [0.3, 0.4) is 0 Å². The zero-order chi connectivity index (χ0) is 14.0. The Balaban J connectivity index is 2.13. The van der Waals surface area contributed by atoms with Gasteiger partial charge in [-0.3, -0.25) is 10.1 Å². The number of nitro groups is 1. The summed E-state index contributed by atoms with van der Waals surface area (Å²) in [4.78, 5) is 12.2. The molecule has 106 valence electrons. The normalized spacial score (nSPS) is 28.9. The first-order chi connectivity index (χ1) is 8.94. The Morgan fingerprint density at radius 3 is 2.58 bits per heavy atom. The molecule has 0 spiro atoms. The van der Waals surface area contributed by atoms with E-state index in [9.17, 15) is 14.5 Å². The van der Waals surface area contributed by atoms with Crippen molar-refractivity contribution in [1.82, 2.24) is 10.2 Å². The Kier molecular flexibility index (Phi) is 3.89. The number of nitrogens with one attached hydrogen (secondary N) is 1. The first-order valence-corrected chi connectivity index (χ1v) is 6.61. The number of piperidine rings is 1. The van der Waals surface area contributed by atoms with E-state index in [0.717, 1.165) is 25.9 Å². The Morgan fingerprint density at radius 1 is 1.47 bits per heavy atom. The van der Waals surface area contributed by atoms with Gasteiger partial charge in [0, 0.05) is 25.2 Å². The van der Waals surface area contributed by atoms with Crippen LogP contribution >= 0.6 is 0 Å². The minimum absolute atomic E-state index is 0.0566. The van der Waals surface area contributed by atoms with Crippen LogP contribution in [0.2, 0.25) is 0 Å². The maximum Gasteiger partial charge on any atom is 0.249 e. The number of allylic oxidation sites excluding steroid dienone is 4. The van der Waals surface area contributed by atoms with E-state index in [1.807, 2.05) is 11.9 Å². The fourth-order valence-electron chi connectivity index (χ4n) is 2.81. The summed E-state index contributed by atoms with van der Waals surface area (Å²) in [5, 5.41) is 14.0. The Bertz CT molecular complexity index is 424. The molecule has 0 aromatic heterocycles. The number of hydrogen-bond donors (Lipinski definition) is 1. The van der Waals surface area contributed by atoms with E-state index in [2.05, 4.69) is 5.32 Å². The minimum atomic E-state index is -1.65. The fraction of sp³-hybridized carbons (Fsp3) is 0.692. The molecule has 0 saturated carbocycles. The van der Waals surface area contributed by atoms with Crippen molar-refractivity contribution in [2.45, 2.75) is 37.9 Å². The van der Waals surface area contributed by atoms with Crippen LogP contribution < -0.4 is 5.32 Å². The number of hydrogen-bond acceptors (Lipinski definition) is 4. The fourth-order valence-corrected chi connectivity index (χ4v) is 2.81. The van der Waals surface area contributed by atoms with E-state index >= 15 is 0 Å². The number of nitrogens with zero attached hydrogens (tertiary/aromatic N) is 2. The molecule has 1 heterocycles. The van der Waals surface area contributed by atoms with E-state index in [1.165, 1.54) is 13.0 Å². The summed E-state index contributed by atoms with van der Waals surface area (Å²) in [6, 6.07) is 0.483. The van der Waals surface area contributed by atoms with Crippen molar-refractivity contribution in [3.05, 3.63) is 33.7 Å². The van der Waals surface area contributed by atoms with Crippen molar-refractivity contribution in [1.29, 1.82) is 0 Å². The molecule has 1 saturated heterocycles. The molecule has 5 nitrogen and oxygen atoms in total. The molecule has 0 unspecified atom stereocenters. The van der Waals surface area contributed by atoms with Crippen LogP contribution in [0.15, 0.2) is 23.5 Å². The predicted octanol–water partition coefficient (Wildman–Crippen LogP) is 1.85. The maximum atomic E-state index is 14.6. The second-order valence-electron chi connectivity index (χ2n) is 5.39. The highest BCUT2D eigenvalue weighted by Crippen LogP contribution is 2.36. The molecule has 2 aliphatic rings. The molecule has 1 fully saturated rings. The summed E-state index contributed by atoms with van der Waals surface area (Å²) >= 11 is 0. The average molecular weight is 269 g/mol. The summed E-state index contributed by atoms with van der Waals surface area (Å²) in [7, 11) is 1.94. The van der Waals surface area contributed by atoms with Gasteiger partial charge in [-0.25, -0.2) is 4.39 Å². The lowest BCUT2D eigenvalue weighted by Crippen LogP contribution is -2.45. The third kappa shape index (κ3) is 2.94. The van der Waals surface area contributed by atoms with Crippen LogP contribution in [0.4, 0.5) is 4.39 Å². The van der Waals surface area contributed by atoms with Gasteiger partial charge >= 0.3 is 0 Å². The van der Waals surface area contributed by atoms with Crippen LogP contribution in [0.5, 0.6) is 0 Å². The number of likely N-dealkylation sites (tertiary alicyclic amines) is 1. The quantitative estimate of drug-likeness (QED) is 0.627. The van der Waals surface area contributed by atoms with Gasteiger partial charge in [0.2, 0.25) is 5.70 Å². The van der Waals surface area contributed by atoms with Crippen LogP contribution in [0.1, 0.15) is 26.2 Å². The van der Waals surface area contributed by atoms with Crippen molar-refractivity contribution < 1.29 is 9.31 Å². The molecule has 0 bridgehead atoms. The number of rotatable bonds is 3. The number of halogens is 1. The summed E-state index contributed by atoms with van der Waals surface area (Å²) in [6.45, 7) is 3.01. The lowest BCUT2D eigenvalue weighted by atomic mass is 9.90. The van der Waals surface area contributed by atoms with Gasteiger partial charge in [0.1, 0.15) is 0 Å². The molecule has 19 heavy (non-hydrogen) atoms. The third-order valence-electron chi connectivity index (χ3n) is 3.96. The highest BCUT2D eigenvalue weighted by Gasteiger charge is 2.39. The molecule has 2 rings (SSSR count). The van der Waals surface area contributed by atoms with E-state index < -0.39 is 10.6 Å². The van der Waals surface area contributed by atoms with E-state index in [1.54, 1.807) is 6.08 Å². The lowest BCUT2D eigenvalue weighted by Gasteiger charge is -2.39. The van der Waals surface area contributed by atoms with Gasteiger partial charge < -0.3 is 10.2 Å². The van der Waals surface area contributed by atoms with Crippen molar-refractivity contribution in [2.75, 3.05) is 20.1 Å². The first kappa shape index (κ1) is 14.0. The summed E-state index contributed by atoms with van der Waals surface area (Å²) in [5.41, 5.74) is -1.13. The van der Waals surface area contributed by atoms with Gasteiger partial charge in [0.15, 0.2) is 5.67 Å². The van der Waals surface area contributed by atoms with Gasteiger partial charge in [-0.15, -0.1) is 0 Å². The first-order valence-electron chi connectivity index (χ1n) is 6.61. The smallest absolute Gasteiger partial charge is 0.249 e. The summed E-state index contributed by atoms with van der Waals surface area (Å²) in [5.74, 6) is 0. The average Bonchev–Trinajstić information content (AvgIpc) is 2.37. The monoisotopic (exact) mass is 269 g/mol. The summed E-state index contributed by atoms with van der Waals surface area (Å²) in [6.07, 6.45) is 4.78. The molecule has 1 N–H and O–H groups in total. The van der Waals surface area contributed by atoms with E-state index in [-0.39, 0.29) is 12.1 Å². The van der Waals surface area contributed by atoms with Gasteiger partial charge in [-0.05, 0) is 32.9 Å². The minimum Gasteiger partial charge on any atom is -0.372 e. The van der Waals surface area contributed by atoms with Gasteiger partial charge in [-0.1, -0.05) is 0 Å². The van der Waals surface area contributed by atoms with Crippen LogP contribution in [-0.4, -0.2) is 41.7 Å². The van der Waals surface area contributed by atoms with Crippen molar-refractivity contribution in [3.63, 3.8) is 0 Å². The van der Waals surface area contributed by atoms with Gasteiger partial charge in [0.25, 0.3) is 0 Å². The Hall–Kier alpha value is -1.43. The molecule has 1 aliphatic heterocycles. The van der Waals surface area contributed by atoms with E-state index in [4.69, 9.17) is 0 Å². The third-order valence-corrected chi connectivity index (χ3v) is 3.96. The molecule has 0 aromatic rings. The second-order valence-corrected chi connectivity index (χ2v) is 5.39. The molecular weight excluding hydrogens is 249 g/mol. The van der Waals surface area contributed by atoms with E-state index in [0.29, 0.717) is 11.7 Å². The Morgan fingerprint density at radius 2 is 2.11 bits per heavy atom. The second kappa shape index (κ2) is 5.28. The van der Waals surface area contributed by atoms with Gasteiger partial charge in [-0.2, -0.15) is 0 Å². The topological polar surface area (TPSA) is 58.4 Å². The number of alkyl halides is 1.